The Balaban J connectivity index is 1.60. The summed E-state index contributed by atoms with van der Waals surface area (Å²) in [6, 6.07) is 18.5. The molecule has 4 rings (SSSR count). The molecule has 0 radical (unpaired) electrons. The minimum atomic E-state index is -0.0441. The van der Waals surface area contributed by atoms with Gasteiger partial charge in [0.05, 0.1) is 11.4 Å². The molecule has 29 heavy (non-hydrogen) atoms. The lowest BCUT2D eigenvalue weighted by molar-refractivity contribution is 0.555. The molecular weight excluding hydrogens is 360 g/mol. The normalized spacial score (nSPS) is 11.6. The van der Waals surface area contributed by atoms with E-state index in [-0.39, 0.29) is 5.41 Å². The second-order valence-corrected chi connectivity index (χ2v) is 8.23. The van der Waals surface area contributed by atoms with Crippen molar-refractivity contribution in [3.05, 3.63) is 78.4 Å². The molecule has 1 N–H and O–H groups in total. The van der Waals surface area contributed by atoms with Gasteiger partial charge in [-0.15, -0.1) is 10.2 Å². The van der Waals surface area contributed by atoms with Crippen molar-refractivity contribution in [1.82, 2.24) is 24.5 Å². The van der Waals surface area contributed by atoms with Crippen molar-refractivity contribution >= 4 is 5.69 Å². The minimum Gasteiger partial charge on any atom is -0.381 e. The van der Waals surface area contributed by atoms with Gasteiger partial charge in [-0.25, -0.2) is 4.68 Å². The molecule has 0 aliphatic heterocycles. The van der Waals surface area contributed by atoms with E-state index in [0.29, 0.717) is 6.54 Å². The number of anilines is 1. The molecule has 0 aliphatic carbocycles. The Morgan fingerprint density at radius 3 is 2.48 bits per heavy atom. The highest BCUT2D eigenvalue weighted by Gasteiger charge is 2.22. The molecule has 0 saturated heterocycles. The maximum atomic E-state index is 4.89. The highest BCUT2D eigenvalue weighted by atomic mass is 15.3. The number of aryl methyl sites for hydroxylation is 1. The Morgan fingerprint density at radius 1 is 1.00 bits per heavy atom. The maximum Gasteiger partial charge on any atom is 0.163 e. The van der Waals surface area contributed by atoms with Crippen molar-refractivity contribution in [3.8, 4) is 17.1 Å². The van der Waals surface area contributed by atoms with Crippen LogP contribution in [0, 0.1) is 0 Å². The average Bonchev–Trinajstić information content (AvgIpc) is 3.33. The third-order valence-corrected chi connectivity index (χ3v) is 4.84. The zero-order valence-corrected chi connectivity index (χ0v) is 17.3. The standard InChI is InChI=1S/C23H26N6/c1-23(2,3)21-18(15-29(27-21)20-11-6-5-7-12-20)14-24-19-10-8-9-17(13-19)22-26-25-16-28(22)4/h5-13,15-16,24H,14H2,1-4H3. The Labute approximate surface area is 171 Å². The maximum absolute atomic E-state index is 4.89. The zero-order chi connectivity index (χ0) is 20.4. The largest absolute Gasteiger partial charge is 0.381 e. The first-order chi connectivity index (χ1) is 13.9. The van der Waals surface area contributed by atoms with Crippen LogP contribution in [-0.2, 0) is 19.0 Å². The predicted octanol–water partition coefficient (Wildman–Crippen LogP) is 4.58. The summed E-state index contributed by atoms with van der Waals surface area (Å²) < 4.78 is 3.88. The van der Waals surface area contributed by atoms with Gasteiger partial charge in [-0.1, -0.05) is 51.1 Å². The summed E-state index contributed by atoms with van der Waals surface area (Å²) in [5.41, 5.74) is 5.37. The first-order valence-corrected chi connectivity index (χ1v) is 9.74. The molecule has 2 heterocycles. The molecule has 148 valence electrons. The van der Waals surface area contributed by atoms with Crippen LogP contribution in [0.2, 0.25) is 0 Å². The zero-order valence-electron chi connectivity index (χ0n) is 17.3. The monoisotopic (exact) mass is 386 g/mol. The van der Waals surface area contributed by atoms with E-state index in [1.807, 2.05) is 46.6 Å². The van der Waals surface area contributed by atoms with E-state index in [4.69, 9.17) is 5.10 Å². The van der Waals surface area contributed by atoms with Crippen LogP contribution in [-0.4, -0.2) is 24.5 Å². The van der Waals surface area contributed by atoms with Crippen LogP contribution >= 0.6 is 0 Å². The van der Waals surface area contributed by atoms with E-state index in [0.717, 1.165) is 28.5 Å². The van der Waals surface area contributed by atoms with Crippen molar-refractivity contribution in [3.63, 3.8) is 0 Å². The van der Waals surface area contributed by atoms with Gasteiger partial charge in [0.25, 0.3) is 0 Å². The summed E-state index contributed by atoms with van der Waals surface area (Å²) in [6.07, 6.45) is 3.83. The summed E-state index contributed by atoms with van der Waals surface area (Å²) in [5.74, 6) is 0.848. The lowest BCUT2D eigenvalue weighted by atomic mass is 9.89. The molecule has 0 atom stereocenters. The Hall–Kier alpha value is -3.41. The quantitative estimate of drug-likeness (QED) is 0.545. The Bertz CT molecular complexity index is 1100. The molecule has 0 saturated carbocycles. The molecule has 0 unspecified atom stereocenters. The fourth-order valence-electron chi connectivity index (χ4n) is 3.39. The molecule has 0 bridgehead atoms. The first-order valence-electron chi connectivity index (χ1n) is 9.74. The van der Waals surface area contributed by atoms with E-state index in [9.17, 15) is 0 Å². The average molecular weight is 387 g/mol. The van der Waals surface area contributed by atoms with Gasteiger partial charge in [0.2, 0.25) is 0 Å². The van der Waals surface area contributed by atoms with Crippen LogP contribution in [0.15, 0.2) is 67.1 Å². The van der Waals surface area contributed by atoms with Gasteiger partial charge in [0, 0.05) is 42.0 Å². The second-order valence-electron chi connectivity index (χ2n) is 8.23. The van der Waals surface area contributed by atoms with Gasteiger partial charge in [-0.2, -0.15) is 5.10 Å². The number of hydrogen-bond donors (Lipinski definition) is 1. The summed E-state index contributed by atoms with van der Waals surface area (Å²) in [7, 11) is 1.95. The van der Waals surface area contributed by atoms with Crippen molar-refractivity contribution in [1.29, 1.82) is 0 Å². The molecule has 0 amide bonds. The number of benzene rings is 2. The predicted molar refractivity (Wildman–Crippen MR) is 116 cm³/mol. The van der Waals surface area contributed by atoms with Gasteiger partial charge in [0.1, 0.15) is 6.33 Å². The van der Waals surface area contributed by atoms with Crippen molar-refractivity contribution in [2.75, 3.05) is 5.32 Å². The van der Waals surface area contributed by atoms with Crippen molar-refractivity contribution in [2.24, 2.45) is 7.05 Å². The lowest BCUT2D eigenvalue weighted by Gasteiger charge is -2.18. The van der Waals surface area contributed by atoms with Crippen molar-refractivity contribution in [2.45, 2.75) is 32.7 Å². The van der Waals surface area contributed by atoms with Crippen LogP contribution in [0.25, 0.3) is 17.1 Å². The number of nitrogens with zero attached hydrogens (tertiary/aromatic N) is 5. The van der Waals surface area contributed by atoms with Gasteiger partial charge in [-0.05, 0) is 24.3 Å². The summed E-state index contributed by atoms with van der Waals surface area (Å²) in [4.78, 5) is 0. The first kappa shape index (κ1) is 18.9. The Kier molecular flexibility index (Phi) is 4.92. The van der Waals surface area contributed by atoms with Crippen LogP contribution in [0.3, 0.4) is 0 Å². The molecule has 0 aliphatic rings. The van der Waals surface area contributed by atoms with Crippen LogP contribution in [0.5, 0.6) is 0 Å². The van der Waals surface area contributed by atoms with E-state index >= 15 is 0 Å². The summed E-state index contributed by atoms with van der Waals surface area (Å²) in [6.45, 7) is 7.29. The smallest absolute Gasteiger partial charge is 0.163 e. The highest BCUT2D eigenvalue weighted by molar-refractivity contribution is 5.62. The number of aromatic nitrogens is 5. The van der Waals surface area contributed by atoms with Crippen LogP contribution in [0.4, 0.5) is 5.69 Å². The molecule has 4 aromatic rings. The fraction of sp³-hybridized carbons (Fsp3) is 0.261. The lowest BCUT2D eigenvalue weighted by Crippen LogP contribution is -2.16. The summed E-state index contributed by atoms with van der Waals surface area (Å²) in [5, 5.41) is 16.6. The molecule has 2 aromatic carbocycles. The second kappa shape index (κ2) is 7.54. The van der Waals surface area contributed by atoms with E-state index in [1.165, 1.54) is 5.56 Å². The van der Waals surface area contributed by atoms with Crippen molar-refractivity contribution < 1.29 is 0 Å². The van der Waals surface area contributed by atoms with E-state index in [1.54, 1.807) is 6.33 Å². The SMILES string of the molecule is Cn1cnnc1-c1cccc(NCc2cn(-c3ccccc3)nc2C(C)(C)C)c1. The van der Waals surface area contributed by atoms with Gasteiger partial charge in [-0.3, -0.25) is 0 Å². The molecule has 2 aromatic heterocycles. The highest BCUT2D eigenvalue weighted by Crippen LogP contribution is 2.27. The molecular formula is C23H26N6. The van der Waals surface area contributed by atoms with Gasteiger partial charge < -0.3 is 9.88 Å². The topological polar surface area (TPSA) is 60.6 Å². The van der Waals surface area contributed by atoms with Crippen LogP contribution < -0.4 is 5.32 Å². The molecule has 0 spiro atoms. The number of nitrogens with one attached hydrogen (secondary N) is 1. The van der Waals surface area contributed by atoms with E-state index in [2.05, 4.69) is 66.7 Å². The molecule has 6 heteroatoms. The van der Waals surface area contributed by atoms with Crippen LogP contribution in [0.1, 0.15) is 32.0 Å². The number of rotatable bonds is 5. The van der Waals surface area contributed by atoms with Gasteiger partial charge >= 0.3 is 0 Å². The molecule has 6 nitrogen and oxygen atoms in total. The molecule has 0 fully saturated rings. The number of para-hydroxylation sites is 1. The minimum absolute atomic E-state index is 0.0441. The number of hydrogen-bond acceptors (Lipinski definition) is 4. The third-order valence-electron chi connectivity index (χ3n) is 4.84. The fourth-order valence-corrected chi connectivity index (χ4v) is 3.39. The van der Waals surface area contributed by atoms with E-state index < -0.39 is 0 Å². The third kappa shape index (κ3) is 4.06. The Morgan fingerprint density at radius 2 is 1.79 bits per heavy atom. The van der Waals surface area contributed by atoms with Gasteiger partial charge in [0.15, 0.2) is 5.82 Å². The summed E-state index contributed by atoms with van der Waals surface area (Å²) >= 11 is 0.